The highest BCUT2D eigenvalue weighted by atomic mass is 16.5. The molecule has 3 aliphatic rings. The van der Waals surface area contributed by atoms with Crippen LogP contribution < -0.4 is 15.4 Å². The van der Waals surface area contributed by atoms with Crippen LogP contribution >= 0.6 is 0 Å². The largest absolute Gasteiger partial charge is 0.494 e. The minimum Gasteiger partial charge on any atom is -0.494 e. The summed E-state index contributed by atoms with van der Waals surface area (Å²) in [6, 6.07) is 7.18. The maximum absolute atomic E-state index is 13.3. The monoisotopic (exact) mass is 597 g/mol. The SMILES string of the molecule is O=C1CCCCCCCCC=CCCCOCC23CC(C(=O)O)N(C(=O)CNC(=O)C(CCOc4ccccc4)N1)C2C3. The number of aliphatic carboxylic acids is 1. The van der Waals surface area contributed by atoms with Crippen molar-refractivity contribution in [1.29, 1.82) is 0 Å². The standard InChI is InChI=1S/C33H47N3O7/c37-29-17-13-8-6-4-2-1-3-5-7-9-14-19-42-24-33-21-27(32(40)41)36(28(33)22-33)30(38)23-34-31(39)26(35-29)18-20-43-25-15-11-10-12-16-25/h5,7,10-12,15-16,26-28H,1-4,6,8-9,13-14,17-24H2,(H,34,39)(H,35,37)(H,40,41). The Kier molecular flexibility index (Phi) is 12.4. The van der Waals surface area contributed by atoms with Crippen LogP contribution in [0.15, 0.2) is 42.5 Å². The molecule has 4 atom stereocenters. The van der Waals surface area contributed by atoms with Gasteiger partial charge in [-0.2, -0.15) is 0 Å². The van der Waals surface area contributed by atoms with E-state index in [0.717, 1.165) is 51.4 Å². The highest BCUT2D eigenvalue weighted by Gasteiger charge is 2.67. The maximum atomic E-state index is 13.3. The van der Waals surface area contributed by atoms with Gasteiger partial charge in [-0.25, -0.2) is 4.79 Å². The Morgan fingerprint density at radius 2 is 1.70 bits per heavy atom. The van der Waals surface area contributed by atoms with Gasteiger partial charge in [0.05, 0.1) is 19.8 Å². The van der Waals surface area contributed by atoms with E-state index in [1.165, 1.54) is 11.3 Å². The van der Waals surface area contributed by atoms with Crippen LogP contribution in [-0.4, -0.2) is 78.2 Å². The molecule has 0 spiro atoms. The number of amides is 3. The van der Waals surface area contributed by atoms with Crippen LogP contribution in [0, 0.1) is 5.41 Å². The van der Waals surface area contributed by atoms with Gasteiger partial charge in [0.2, 0.25) is 17.7 Å². The first-order valence-corrected chi connectivity index (χ1v) is 15.9. The van der Waals surface area contributed by atoms with Crippen LogP contribution in [0.1, 0.15) is 83.5 Å². The second-order valence-electron chi connectivity index (χ2n) is 12.1. The van der Waals surface area contributed by atoms with E-state index >= 15 is 0 Å². The van der Waals surface area contributed by atoms with Crippen LogP contribution in [0.5, 0.6) is 5.75 Å². The molecular weight excluding hydrogens is 550 g/mol. The summed E-state index contributed by atoms with van der Waals surface area (Å²) < 4.78 is 11.7. The molecule has 10 heteroatoms. The summed E-state index contributed by atoms with van der Waals surface area (Å²) in [6.45, 7) is 0.885. The zero-order valence-electron chi connectivity index (χ0n) is 25.1. The minimum absolute atomic E-state index is 0.198. The lowest BCUT2D eigenvalue weighted by molar-refractivity contribution is -0.149. The number of carboxylic acids is 1. The minimum atomic E-state index is -1.05. The van der Waals surface area contributed by atoms with Gasteiger partial charge in [0.15, 0.2) is 0 Å². The molecule has 236 valence electrons. The molecule has 4 unspecified atom stereocenters. The van der Waals surface area contributed by atoms with Gasteiger partial charge in [-0.3, -0.25) is 14.4 Å². The molecule has 2 bridgehead atoms. The van der Waals surface area contributed by atoms with Crippen LogP contribution in [0.2, 0.25) is 0 Å². The molecule has 1 saturated heterocycles. The van der Waals surface area contributed by atoms with Gasteiger partial charge in [-0.15, -0.1) is 0 Å². The van der Waals surface area contributed by atoms with Gasteiger partial charge in [-0.05, 0) is 57.1 Å². The van der Waals surface area contributed by atoms with Crippen molar-refractivity contribution in [3.8, 4) is 5.75 Å². The van der Waals surface area contributed by atoms with Gasteiger partial charge >= 0.3 is 5.97 Å². The van der Waals surface area contributed by atoms with E-state index in [2.05, 4.69) is 22.8 Å². The van der Waals surface area contributed by atoms with E-state index in [4.69, 9.17) is 9.47 Å². The van der Waals surface area contributed by atoms with Crippen molar-refractivity contribution in [1.82, 2.24) is 15.5 Å². The molecule has 1 aliphatic carbocycles. The van der Waals surface area contributed by atoms with Crippen molar-refractivity contribution in [2.75, 3.05) is 26.4 Å². The fourth-order valence-electron chi connectivity index (χ4n) is 6.20. The molecule has 4 rings (SSSR count). The zero-order valence-corrected chi connectivity index (χ0v) is 25.1. The number of hydrogen-bond acceptors (Lipinski definition) is 6. The van der Waals surface area contributed by atoms with Crippen molar-refractivity contribution in [3.63, 3.8) is 0 Å². The van der Waals surface area contributed by atoms with E-state index in [1.807, 2.05) is 30.3 Å². The number of nitrogens with one attached hydrogen (secondary N) is 2. The number of allylic oxidation sites excluding steroid dienone is 2. The number of benzene rings is 1. The van der Waals surface area contributed by atoms with Crippen molar-refractivity contribution in [3.05, 3.63) is 42.5 Å². The molecule has 10 nitrogen and oxygen atoms in total. The fourth-order valence-corrected chi connectivity index (χ4v) is 6.20. The highest BCUT2D eigenvalue weighted by Crippen LogP contribution is 2.59. The zero-order chi connectivity index (χ0) is 30.5. The van der Waals surface area contributed by atoms with E-state index in [0.29, 0.717) is 38.2 Å². The third kappa shape index (κ3) is 9.81. The third-order valence-corrected chi connectivity index (χ3v) is 8.72. The summed E-state index contributed by atoms with van der Waals surface area (Å²) in [4.78, 5) is 52.7. The summed E-state index contributed by atoms with van der Waals surface area (Å²) in [7, 11) is 0. The third-order valence-electron chi connectivity index (χ3n) is 8.72. The van der Waals surface area contributed by atoms with Gasteiger partial charge in [0.1, 0.15) is 17.8 Å². The Balaban J connectivity index is 1.38. The summed E-state index contributed by atoms with van der Waals surface area (Å²) in [5, 5.41) is 15.3. The molecular formula is C33H47N3O7. The molecule has 1 saturated carbocycles. The van der Waals surface area contributed by atoms with E-state index in [1.54, 1.807) is 0 Å². The fraction of sp³-hybridized carbons (Fsp3) is 0.636. The number of piperidine rings is 1. The van der Waals surface area contributed by atoms with Crippen molar-refractivity contribution in [2.24, 2.45) is 5.41 Å². The molecule has 2 fully saturated rings. The Hall–Kier alpha value is -3.40. The van der Waals surface area contributed by atoms with Gasteiger partial charge in [0, 0.05) is 30.9 Å². The quantitative estimate of drug-likeness (QED) is 0.437. The number of carbonyl (C=O) groups is 4. The van der Waals surface area contributed by atoms with Crippen molar-refractivity contribution >= 4 is 23.7 Å². The first kappa shape index (κ1) is 32.5. The maximum Gasteiger partial charge on any atom is 0.326 e. The van der Waals surface area contributed by atoms with E-state index in [-0.39, 0.29) is 36.9 Å². The molecule has 2 aliphatic heterocycles. The molecule has 0 aromatic heterocycles. The smallest absolute Gasteiger partial charge is 0.326 e. The van der Waals surface area contributed by atoms with Gasteiger partial charge < -0.3 is 30.1 Å². The van der Waals surface area contributed by atoms with Crippen LogP contribution in [0.25, 0.3) is 0 Å². The predicted octanol–water partition coefficient (Wildman–Crippen LogP) is 3.99. The van der Waals surface area contributed by atoms with Crippen LogP contribution in [-0.2, 0) is 23.9 Å². The molecule has 2 heterocycles. The number of para-hydroxylation sites is 1. The highest BCUT2D eigenvalue weighted by molar-refractivity contribution is 5.92. The number of nitrogens with zero attached hydrogens (tertiary/aromatic N) is 1. The molecule has 43 heavy (non-hydrogen) atoms. The van der Waals surface area contributed by atoms with E-state index in [9.17, 15) is 24.3 Å². The number of hydrogen-bond donors (Lipinski definition) is 3. The molecule has 3 N–H and O–H groups in total. The molecule has 1 aromatic carbocycles. The molecule has 1 aromatic rings. The topological polar surface area (TPSA) is 134 Å². The Bertz CT molecular complexity index is 1110. The Labute approximate surface area is 254 Å². The van der Waals surface area contributed by atoms with E-state index < -0.39 is 29.9 Å². The summed E-state index contributed by atoms with van der Waals surface area (Å²) in [6.07, 6.45) is 15.2. The van der Waals surface area contributed by atoms with Crippen LogP contribution in [0.4, 0.5) is 0 Å². The average molecular weight is 598 g/mol. The second-order valence-corrected chi connectivity index (χ2v) is 12.1. The Morgan fingerprint density at radius 1 is 0.977 bits per heavy atom. The lowest BCUT2D eigenvalue weighted by Gasteiger charge is -2.25. The molecule has 3 amide bonds. The predicted molar refractivity (Wildman–Crippen MR) is 161 cm³/mol. The van der Waals surface area contributed by atoms with Crippen LogP contribution in [0.3, 0.4) is 0 Å². The summed E-state index contributed by atoms with van der Waals surface area (Å²) >= 11 is 0. The van der Waals surface area contributed by atoms with Gasteiger partial charge in [-0.1, -0.05) is 56.0 Å². The van der Waals surface area contributed by atoms with Crippen molar-refractivity contribution in [2.45, 2.75) is 102 Å². The van der Waals surface area contributed by atoms with Crippen molar-refractivity contribution < 1.29 is 33.8 Å². The average Bonchev–Trinajstić information content (AvgIpc) is 3.59. The lowest BCUT2D eigenvalue weighted by atomic mass is 10.0. The lowest BCUT2D eigenvalue weighted by Crippen LogP contribution is -2.52. The second kappa shape index (κ2) is 16.4. The first-order chi connectivity index (χ1) is 20.9. The number of ether oxygens (including phenoxy) is 2. The first-order valence-electron chi connectivity index (χ1n) is 15.9. The number of carboxylic acid groups (broad SMARTS) is 1. The Morgan fingerprint density at radius 3 is 2.47 bits per heavy atom. The summed E-state index contributed by atoms with van der Waals surface area (Å²) in [5.41, 5.74) is -0.337. The molecule has 0 radical (unpaired) electrons. The summed E-state index contributed by atoms with van der Waals surface area (Å²) in [5.74, 6) is -1.53. The van der Waals surface area contributed by atoms with Gasteiger partial charge in [0.25, 0.3) is 0 Å². The number of rotatable bonds is 5. The normalized spacial score (nSPS) is 28.5. The number of carbonyl (C=O) groups excluding carboxylic acids is 3.